The highest BCUT2D eigenvalue weighted by Crippen LogP contribution is 2.26. The number of furan rings is 1. The molecule has 3 nitrogen and oxygen atoms in total. The molecule has 2 heterocycles. The van der Waals surface area contributed by atoms with E-state index in [1.54, 1.807) is 17.4 Å². The summed E-state index contributed by atoms with van der Waals surface area (Å²) in [6.07, 6.45) is 0. The lowest BCUT2D eigenvalue weighted by atomic mass is 10.2. The molecule has 0 aliphatic carbocycles. The number of aliphatic hydroxyl groups excluding tert-OH is 1. The third-order valence-corrected chi connectivity index (χ3v) is 3.89. The zero-order valence-electron chi connectivity index (χ0n) is 9.44. The van der Waals surface area contributed by atoms with Crippen molar-refractivity contribution in [2.75, 3.05) is 0 Å². The van der Waals surface area contributed by atoms with E-state index in [4.69, 9.17) is 21.1 Å². The van der Waals surface area contributed by atoms with E-state index < -0.39 is 0 Å². The number of rotatable bonds is 5. The first-order valence-corrected chi connectivity index (χ1v) is 6.55. The Morgan fingerprint density at radius 2 is 2.12 bits per heavy atom. The van der Waals surface area contributed by atoms with Crippen molar-refractivity contribution < 1.29 is 9.52 Å². The number of hydrogen-bond donors (Lipinski definition) is 2. The Balaban J connectivity index is 1.89. The normalized spacial score (nSPS) is 12.9. The molecule has 0 saturated heterocycles. The van der Waals surface area contributed by atoms with Crippen LogP contribution in [0.3, 0.4) is 0 Å². The first kappa shape index (κ1) is 12.6. The smallest absolute Gasteiger partial charge is 0.129 e. The van der Waals surface area contributed by atoms with Crippen LogP contribution < -0.4 is 5.32 Å². The highest BCUT2D eigenvalue weighted by atomic mass is 35.5. The van der Waals surface area contributed by atoms with E-state index in [2.05, 4.69) is 12.2 Å². The third kappa shape index (κ3) is 3.33. The number of hydrogen-bond acceptors (Lipinski definition) is 4. The van der Waals surface area contributed by atoms with Crippen LogP contribution in [0.15, 0.2) is 28.7 Å². The summed E-state index contributed by atoms with van der Waals surface area (Å²) in [5.74, 6) is 1.41. The van der Waals surface area contributed by atoms with Gasteiger partial charge in [0.05, 0.1) is 10.9 Å². The maximum Gasteiger partial charge on any atom is 0.129 e. The van der Waals surface area contributed by atoms with Crippen LogP contribution in [-0.4, -0.2) is 5.11 Å². The average Bonchev–Trinajstić information content (AvgIpc) is 2.94. The van der Waals surface area contributed by atoms with Gasteiger partial charge < -0.3 is 14.8 Å². The molecule has 92 valence electrons. The fourth-order valence-corrected chi connectivity index (χ4v) is 2.61. The Kier molecular flexibility index (Phi) is 4.23. The van der Waals surface area contributed by atoms with Crippen LogP contribution >= 0.6 is 22.9 Å². The van der Waals surface area contributed by atoms with Gasteiger partial charge in [-0.25, -0.2) is 0 Å². The number of nitrogens with one attached hydrogen (secondary N) is 1. The molecule has 0 radical (unpaired) electrons. The molecule has 2 aromatic heterocycles. The van der Waals surface area contributed by atoms with Crippen LogP contribution in [0.25, 0.3) is 0 Å². The van der Waals surface area contributed by atoms with Gasteiger partial charge in [-0.15, -0.1) is 11.3 Å². The van der Waals surface area contributed by atoms with Crippen LogP contribution in [0.2, 0.25) is 4.34 Å². The Morgan fingerprint density at radius 1 is 1.35 bits per heavy atom. The maximum absolute atomic E-state index is 8.88. The van der Waals surface area contributed by atoms with Gasteiger partial charge in [-0.1, -0.05) is 11.6 Å². The molecule has 0 aromatic carbocycles. The van der Waals surface area contributed by atoms with E-state index in [0.29, 0.717) is 12.3 Å². The number of aliphatic hydroxyl groups is 1. The lowest BCUT2D eigenvalue weighted by molar-refractivity contribution is 0.242. The van der Waals surface area contributed by atoms with Gasteiger partial charge >= 0.3 is 0 Å². The molecule has 0 bridgehead atoms. The van der Waals surface area contributed by atoms with Crippen molar-refractivity contribution >= 4 is 22.9 Å². The Labute approximate surface area is 109 Å². The van der Waals surface area contributed by atoms with Crippen molar-refractivity contribution in [2.45, 2.75) is 26.1 Å². The van der Waals surface area contributed by atoms with E-state index in [9.17, 15) is 0 Å². The molecule has 0 aliphatic rings. The monoisotopic (exact) mass is 271 g/mol. The van der Waals surface area contributed by atoms with Crippen molar-refractivity contribution in [1.82, 2.24) is 5.32 Å². The molecule has 2 N–H and O–H groups in total. The van der Waals surface area contributed by atoms with Crippen LogP contribution in [-0.2, 0) is 13.2 Å². The van der Waals surface area contributed by atoms with E-state index >= 15 is 0 Å². The molecule has 0 aliphatic heterocycles. The summed E-state index contributed by atoms with van der Waals surface area (Å²) in [4.78, 5) is 1.20. The summed E-state index contributed by atoms with van der Waals surface area (Å²) in [6.45, 7) is 2.66. The quantitative estimate of drug-likeness (QED) is 0.877. The third-order valence-electron chi connectivity index (χ3n) is 2.48. The summed E-state index contributed by atoms with van der Waals surface area (Å²) in [5, 5.41) is 12.2. The molecule has 2 aromatic rings. The Hall–Kier alpha value is -0.810. The fourth-order valence-electron chi connectivity index (χ4n) is 1.52. The second-order valence-corrected chi connectivity index (χ2v) is 5.52. The predicted octanol–water partition coefficient (Wildman–Crippen LogP) is 3.34. The Morgan fingerprint density at radius 3 is 2.71 bits per heavy atom. The molecule has 0 fully saturated rings. The molecule has 0 spiro atoms. The van der Waals surface area contributed by atoms with Crippen molar-refractivity contribution in [3.63, 3.8) is 0 Å². The number of halogens is 1. The van der Waals surface area contributed by atoms with E-state index in [-0.39, 0.29) is 12.6 Å². The van der Waals surface area contributed by atoms with Gasteiger partial charge in [0.15, 0.2) is 0 Å². The largest absolute Gasteiger partial charge is 0.462 e. The minimum Gasteiger partial charge on any atom is -0.462 e. The van der Waals surface area contributed by atoms with Gasteiger partial charge in [-0.05, 0) is 31.2 Å². The van der Waals surface area contributed by atoms with Crippen LogP contribution in [0, 0.1) is 0 Å². The van der Waals surface area contributed by atoms with Gasteiger partial charge in [0, 0.05) is 10.9 Å². The van der Waals surface area contributed by atoms with Gasteiger partial charge in [0.2, 0.25) is 0 Å². The summed E-state index contributed by atoms with van der Waals surface area (Å²) in [6, 6.07) is 7.80. The van der Waals surface area contributed by atoms with Gasteiger partial charge in [0.1, 0.15) is 18.1 Å². The van der Waals surface area contributed by atoms with Crippen LogP contribution in [0.5, 0.6) is 0 Å². The molecule has 2 rings (SSSR count). The highest BCUT2D eigenvalue weighted by Gasteiger charge is 2.08. The summed E-state index contributed by atoms with van der Waals surface area (Å²) in [7, 11) is 0. The van der Waals surface area contributed by atoms with E-state index in [1.165, 1.54) is 4.88 Å². The van der Waals surface area contributed by atoms with Gasteiger partial charge in [-0.3, -0.25) is 0 Å². The molecule has 1 unspecified atom stereocenters. The van der Waals surface area contributed by atoms with Gasteiger partial charge in [0.25, 0.3) is 0 Å². The van der Waals surface area contributed by atoms with E-state index in [0.717, 1.165) is 10.1 Å². The lowest BCUT2D eigenvalue weighted by Gasteiger charge is -2.10. The lowest BCUT2D eigenvalue weighted by Crippen LogP contribution is -2.16. The zero-order chi connectivity index (χ0) is 12.3. The van der Waals surface area contributed by atoms with Crippen molar-refractivity contribution in [1.29, 1.82) is 0 Å². The van der Waals surface area contributed by atoms with E-state index in [1.807, 2.05) is 18.2 Å². The second-order valence-electron chi connectivity index (χ2n) is 3.77. The molecule has 5 heteroatoms. The maximum atomic E-state index is 8.88. The molecular weight excluding hydrogens is 258 g/mol. The summed E-state index contributed by atoms with van der Waals surface area (Å²) in [5.41, 5.74) is 0. The number of thiophene rings is 1. The standard InChI is InChI=1S/C12H14ClNO2S/c1-8(11-4-5-12(13)17-11)14-6-9-2-3-10(7-15)16-9/h2-5,8,14-15H,6-7H2,1H3. The zero-order valence-corrected chi connectivity index (χ0v) is 11.0. The fraction of sp³-hybridized carbons (Fsp3) is 0.333. The minimum absolute atomic E-state index is 0.0594. The highest BCUT2D eigenvalue weighted by molar-refractivity contribution is 7.16. The van der Waals surface area contributed by atoms with Crippen LogP contribution in [0.1, 0.15) is 29.4 Å². The molecular formula is C12H14ClNO2S. The predicted molar refractivity (Wildman–Crippen MR) is 69.2 cm³/mol. The first-order chi connectivity index (χ1) is 8.19. The van der Waals surface area contributed by atoms with Crippen molar-refractivity contribution in [3.8, 4) is 0 Å². The van der Waals surface area contributed by atoms with Crippen molar-refractivity contribution in [3.05, 3.63) is 45.0 Å². The minimum atomic E-state index is -0.0594. The summed E-state index contributed by atoms with van der Waals surface area (Å²) < 4.78 is 6.19. The first-order valence-electron chi connectivity index (χ1n) is 5.36. The molecule has 1 atom stereocenters. The topological polar surface area (TPSA) is 45.4 Å². The summed E-state index contributed by atoms with van der Waals surface area (Å²) >= 11 is 7.46. The molecule has 0 amide bonds. The molecule has 17 heavy (non-hydrogen) atoms. The van der Waals surface area contributed by atoms with Gasteiger partial charge in [-0.2, -0.15) is 0 Å². The SMILES string of the molecule is CC(NCc1ccc(CO)o1)c1ccc(Cl)s1. The molecule has 0 saturated carbocycles. The second kappa shape index (κ2) is 5.69. The Bertz CT molecular complexity index is 480. The van der Waals surface area contributed by atoms with Crippen LogP contribution in [0.4, 0.5) is 0 Å². The van der Waals surface area contributed by atoms with Crippen molar-refractivity contribution in [2.24, 2.45) is 0 Å². The average molecular weight is 272 g/mol.